The summed E-state index contributed by atoms with van der Waals surface area (Å²) in [5.74, 6) is -0.0928. The lowest BCUT2D eigenvalue weighted by Gasteiger charge is -2.13. The van der Waals surface area contributed by atoms with E-state index in [1.807, 2.05) is 0 Å². The van der Waals surface area contributed by atoms with Crippen LogP contribution >= 0.6 is 23.8 Å². The molecule has 0 aliphatic rings. The number of sulfonamides is 1. The first kappa shape index (κ1) is 15.0. The average Bonchev–Trinajstić information content (AvgIpc) is 2.20. The number of nitrogens with one attached hydrogen (secondary N) is 1. The maximum atomic E-state index is 11.7. The van der Waals surface area contributed by atoms with Gasteiger partial charge >= 0.3 is 0 Å². The third kappa shape index (κ3) is 4.01. The normalized spacial score (nSPS) is 11.1. The number of hydrogen-bond acceptors (Lipinski definition) is 4. The van der Waals surface area contributed by atoms with E-state index in [0.717, 1.165) is 5.56 Å². The third-order valence-corrected chi connectivity index (χ3v) is 4.03. The Morgan fingerprint density at radius 1 is 1.56 bits per heavy atom. The highest BCUT2D eigenvalue weighted by atomic mass is 35.5. The van der Waals surface area contributed by atoms with E-state index in [-0.39, 0.29) is 4.99 Å². The quantitative estimate of drug-likeness (QED) is 0.809. The van der Waals surface area contributed by atoms with Gasteiger partial charge in [0.2, 0.25) is 10.0 Å². The summed E-state index contributed by atoms with van der Waals surface area (Å²) >= 11 is 10.5. The zero-order valence-corrected chi connectivity index (χ0v) is 12.2. The summed E-state index contributed by atoms with van der Waals surface area (Å²) in [4.78, 5) is -0.104. The van der Waals surface area contributed by atoms with Crippen LogP contribution in [0.2, 0.25) is 5.02 Å². The molecular formula is C10H13ClN2O3S2. The number of thiocarbonyl (C=S) groups is 1. The van der Waals surface area contributed by atoms with Crippen LogP contribution in [0.5, 0.6) is 5.75 Å². The fraction of sp³-hybridized carbons (Fsp3) is 0.300. The summed E-state index contributed by atoms with van der Waals surface area (Å²) in [7, 11) is -2.21. The van der Waals surface area contributed by atoms with Crippen molar-refractivity contribution in [1.82, 2.24) is 0 Å². The summed E-state index contributed by atoms with van der Waals surface area (Å²) in [6.45, 7) is 1.76. The fourth-order valence-corrected chi connectivity index (χ4v) is 2.86. The highest BCUT2D eigenvalue weighted by Crippen LogP contribution is 2.31. The molecule has 0 unspecified atom stereocenters. The van der Waals surface area contributed by atoms with E-state index in [2.05, 4.69) is 16.9 Å². The van der Waals surface area contributed by atoms with Crippen molar-refractivity contribution in [2.45, 2.75) is 6.92 Å². The predicted molar refractivity (Wildman–Crippen MR) is 76.9 cm³/mol. The van der Waals surface area contributed by atoms with E-state index >= 15 is 0 Å². The lowest BCUT2D eigenvalue weighted by Crippen LogP contribution is -2.26. The predicted octanol–water partition coefficient (Wildman–Crippen LogP) is 1.68. The summed E-state index contributed by atoms with van der Waals surface area (Å²) in [6, 6.07) is 3.12. The summed E-state index contributed by atoms with van der Waals surface area (Å²) in [5, 5.41) is 0.490. The number of nitrogens with two attached hydrogens (primary N) is 1. The summed E-state index contributed by atoms with van der Waals surface area (Å²) < 4.78 is 30.8. The first-order valence-corrected chi connectivity index (χ1v) is 7.32. The van der Waals surface area contributed by atoms with Crippen molar-refractivity contribution in [2.75, 3.05) is 17.6 Å². The highest BCUT2D eigenvalue weighted by Gasteiger charge is 2.16. The largest absolute Gasteiger partial charge is 0.495 e. The highest BCUT2D eigenvalue weighted by molar-refractivity contribution is 7.95. The van der Waals surface area contributed by atoms with Gasteiger partial charge in [0.1, 0.15) is 11.5 Å². The molecule has 1 rings (SSSR count). The minimum Gasteiger partial charge on any atom is -0.495 e. The zero-order chi connectivity index (χ0) is 13.9. The second-order valence-electron chi connectivity index (χ2n) is 3.63. The second kappa shape index (κ2) is 5.73. The summed E-state index contributed by atoms with van der Waals surface area (Å²) in [5.41, 5.74) is 6.25. The van der Waals surface area contributed by atoms with Gasteiger partial charge in [0.05, 0.1) is 17.8 Å². The minimum absolute atomic E-state index is 0.104. The molecular weight excluding hydrogens is 296 g/mol. The van der Waals surface area contributed by atoms with Crippen LogP contribution in [-0.2, 0) is 10.0 Å². The van der Waals surface area contributed by atoms with Crippen molar-refractivity contribution < 1.29 is 13.2 Å². The molecule has 0 aromatic heterocycles. The van der Waals surface area contributed by atoms with E-state index in [4.69, 9.17) is 22.1 Å². The number of methoxy groups -OCH3 is 1. The van der Waals surface area contributed by atoms with E-state index in [1.165, 1.54) is 13.2 Å². The lowest BCUT2D eigenvalue weighted by atomic mass is 10.2. The first-order chi connectivity index (χ1) is 8.25. The average molecular weight is 309 g/mol. The minimum atomic E-state index is -3.64. The molecule has 0 bridgehead atoms. The Morgan fingerprint density at radius 2 is 2.17 bits per heavy atom. The Labute approximate surface area is 116 Å². The molecule has 0 heterocycles. The van der Waals surface area contributed by atoms with Crippen LogP contribution in [0, 0.1) is 6.92 Å². The maximum Gasteiger partial charge on any atom is 0.239 e. The number of anilines is 1. The van der Waals surface area contributed by atoms with Crippen molar-refractivity contribution in [3.8, 4) is 5.75 Å². The van der Waals surface area contributed by atoms with Gasteiger partial charge < -0.3 is 10.5 Å². The number of ether oxygens (including phenoxy) is 1. The number of benzene rings is 1. The van der Waals surface area contributed by atoms with Crippen LogP contribution in [0.4, 0.5) is 5.69 Å². The third-order valence-electron chi connectivity index (χ3n) is 2.08. The van der Waals surface area contributed by atoms with Gasteiger partial charge in [0.25, 0.3) is 0 Å². The monoisotopic (exact) mass is 308 g/mol. The van der Waals surface area contributed by atoms with E-state index in [1.54, 1.807) is 13.0 Å². The summed E-state index contributed by atoms with van der Waals surface area (Å²) in [6.07, 6.45) is 0. The Bertz CT molecular complexity index is 573. The van der Waals surface area contributed by atoms with Gasteiger partial charge in [0, 0.05) is 11.1 Å². The molecule has 18 heavy (non-hydrogen) atoms. The number of aryl methyl sites for hydroxylation is 1. The molecule has 0 atom stereocenters. The van der Waals surface area contributed by atoms with Gasteiger partial charge in [-0.3, -0.25) is 4.72 Å². The molecule has 100 valence electrons. The molecule has 0 aliphatic carbocycles. The van der Waals surface area contributed by atoms with E-state index < -0.39 is 15.8 Å². The van der Waals surface area contributed by atoms with Gasteiger partial charge in [0.15, 0.2) is 0 Å². The van der Waals surface area contributed by atoms with Gasteiger partial charge in [-0.05, 0) is 18.6 Å². The van der Waals surface area contributed by atoms with Crippen LogP contribution < -0.4 is 15.2 Å². The maximum absolute atomic E-state index is 11.7. The number of halogens is 1. The fourth-order valence-electron chi connectivity index (χ4n) is 1.30. The molecule has 1 aromatic rings. The molecule has 0 saturated carbocycles. The van der Waals surface area contributed by atoms with Crippen LogP contribution in [0.3, 0.4) is 0 Å². The topological polar surface area (TPSA) is 81.4 Å². The van der Waals surface area contributed by atoms with Crippen LogP contribution in [0.1, 0.15) is 5.56 Å². The Hall–Kier alpha value is -1.05. The van der Waals surface area contributed by atoms with Crippen molar-refractivity contribution in [3.63, 3.8) is 0 Å². The zero-order valence-electron chi connectivity index (χ0n) is 9.86. The molecule has 1 aromatic carbocycles. The van der Waals surface area contributed by atoms with Crippen LogP contribution in [-0.4, -0.2) is 26.3 Å². The Morgan fingerprint density at radius 3 is 2.67 bits per heavy atom. The Kier molecular flexibility index (Phi) is 4.78. The van der Waals surface area contributed by atoms with Crippen LogP contribution in [0.15, 0.2) is 12.1 Å². The number of hydrogen-bond donors (Lipinski definition) is 2. The van der Waals surface area contributed by atoms with Gasteiger partial charge in [-0.2, -0.15) is 0 Å². The number of rotatable bonds is 5. The lowest BCUT2D eigenvalue weighted by molar-refractivity contribution is 0.417. The van der Waals surface area contributed by atoms with Gasteiger partial charge in [-0.25, -0.2) is 8.42 Å². The van der Waals surface area contributed by atoms with Crippen molar-refractivity contribution in [3.05, 3.63) is 22.7 Å². The van der Waals surface area contributed by atoms with Crippen molar-refractivity contribution in [1.29, 1.82) is 0 Å². The van der Waals surface area contributed by atoms with Crippen LogP contribution in [0.25, 0.3) is 0 Å². The first-order valence-electron chi connectivity index (χ1n) is 4.88. The van der Waals surface area contributed by atoms with Crippen molar-refractivity contribution >= 4 is 44.5 Å². The molecule has 0 fully saturated rings. The SMILES string of the molecule is COc1cc(Cl)c(C)cc1NS(=O)(=O)CC(N)=S. The molecule has 0 saturated heterocycles. The standard InChI is InChI=1S/C10H13ClN2O3S2/c1-6-3-8(9(16-2)4-7(6)11)13-18(14,15)5-10(12)17/h3-4,13H,5H2,1-2H3,(H2,12,17). The molecule has 0 amide bonds. The van der Waals surface area contributed by atoms with Gasteiger partial charge in [-0.15, -0.1) is 0 Å². The molecule has 0 spiro atoms. The molecule has 5 nitrogen and oxygen atoms in total. The molecule has 0 radical (unpaired) electrons. The Balaban J connectivity index is 3.11. The van der Waals surface area contributed by atoms with Gasteiger partial charge in [-0.1, -0.05) is 23.8 Å². The van der Waals surface area contributed by atoms with E-state index in [9.17, 15) is 8.42 Å². The molecule has 8 heteroatoms. The van der Waals surface area contributed by atoms with E-state index in [0.29, 0.717) is 16.5 Å². The molecule has 0 aliphatic heterocycles. The second-order valence-corrected chi connectivity index (χ2v) is 6.28. The smallest absolute Gasteiger partial charge is 0.239 e. The molecule has 3 N–H and O–H groups in total. The van der Waals surface area contributed by atoms with Crippen molar-refractivity contribution in [2.24, 2.45) is 5.73 Å².